The van der Waals surface area contributed by atoms with Crippen molar-refractivity contribution in [2.75, 3.05) is 0 Å². The van der Waals surface area contributed by atoms with Crippen LogP contribution in [0, 0.1) is 0 Å². The van der Waals surface area contributed by atoms with Gasteiger partial charge in [-0.3, -0.25) is 4.79 Å². The Balaban J connectivity index is 1.80. The van der Waals surface area contributed by atoms with Crippen LogP contribution < -0.4 is 5.32 Å². The molecule has 0 saturated carbocycles. The highest BCUT2D eigenvalue weighted by atomic mass is 16.3. The minimum Gasteiger partial charge on any atom is -0.464 e. The molecule has 1 N–H and O–H groups in total. The number of nitrogens with one attached hydrogen (secondary N) is 1. The molecule has 112 valence electrons. The van der Waals surface area contributed by atoms with Gasteiger partial charge >= 0.3 is 0 Å². The number of carbonyl (C=O) groups is 1. The maximum absolute atomic E-state index is 12.2. The Morgan fingerprint density at radius 2 is 1.95 bits per heavy atom. The van der Waals surface area contributed by atoms with Crippen LogP contribution >= 0.6 is 0 Å². The van der Waals surface area contributed by atoms with Gasteiger partial charge in [0.15, 0.2) is 0 Å². The summed E-state index contributed by atoms with van der Waals surface area (Å²) in [4.78, 5) is 12.2. The second kappa shape index (κ2) is 5.92. The number of amides is 1. The van der Waals surface area contributed by atoms with Crippen LogP contribution in [0.3, 0.4) is 0 Å². The summed E-state index contributed by atoms with van der Waals surface area (Å²) in [5.41, 5.74) is 4.75. The molecule has 0 unspecified atom stereocenters. The van der Waals surface area contributed by atoms with Gasteiger partial charge in [0.2, 0.25) is 5.91 Å². The summed E-state index contributed by atoms with van der Waals surface area (Å²) >= 11 is 0. The van der Waals surface area contributed by atoms with Gasteiger partial charge in [0.05, 0.1) is 12.7 Å². The van der Waals surface area contributed by atoms with E-state index in [9.17, 15) is 4.79 Å². The zero-order valence-corrected chi connectivity index (χ0v) is 12.9. The minimum atomic E-state index is 0.0897. The summed E-state index contributed by atoms with van der Waals surface area (Å²) < 4.78 is 5.65. The van der Waals surface area contributed by atoms with Crippen LogP contribution in [-0.2, 0) is 24.1 Å². The molecule has 21 heavy (non-hydrogen) atoms. The van der Waals surface area contributed by atoms with Crippen molar-refractivity contribution in [2.45, 2.75) is 58.4 Å². The van der Waals surface area contributed by atoms with E-state index in [1.165, 1.54) is 17.5 Å². The number of fused-ring (bicyclic) bond motifs is 2. The molecule has 0 saturated heterocycles. The molecule has 0 aliphatic heterocycles. The molecule has 1 aliphatic carbocycles. The third-order valence-electron chi connectivity index (χ3n) is 4.57. The van der Waals surface area contributed by atoms with Crippen molar-refractivity contribution in [2.24, 2.45) is 0 Å². The van der Waals surface area contributed by atoms with Gasteiger partial charge in [-0.05, 0) is 55.4 Å². The Morgan fingerprint density at radius 1 is 1.24 bits per heavy atom. The zero-order valence-electron chi connectivity index (χ0n) is 12.9. The molecule has 1 aromatic carbocycles. The van der Waals surface area contributed by atoms with Gasteiger partial charge in [0.1, 0.15) is 5.58 Å². The van der Waals surface area contributed by atoms with Gasteiger partial charge in [0.25, 0.3) is 0 Å². The Morgan fingerprint density at radius 3 is 2.67 bits per heavy atom. The highest BCUT2D eigenvalue weighted by Gasteiger charge is 2.17. The first-order chi connectivity index (χ1) is 10.2. The fraction of sp³-hybridized carbons (Fsp3) is 0.500. The van der Waals surface area contributed by atoms with Crippen LogP contribution in [0.15, 0.2) is 22.8 Å². The summed E-state index contributed by atoms with van der Waals surface area (Å²) in [6, 6.07) is 4.65. The average molecular weight is 285 g/mol. The van der Waals surface area contributed by atoms with Gasteiger partial charge in [-0.1, -0.05) is 13.8 Å². The minimum absolute atomic E-state index is 0.0897. The fourth-order valence-corrected chi connectivity index (χ4v) is 3.23. The molecule has 0 bridgehead atoms. The van der Waals surface area contributed by atoms with E-state index in [-0.39, 0.29) is 11.9 Å². The highest BCUT2D eigenvalue weighted by molar-refractivity contribution is 5.88. The van der Waals surface area contributed by atoms with Gasteiger partial charge in [0, 0.05) is 17.0 Å². The topological polar surface area (TPSA) is 42.2 Å². The molecule has 3 nitrogen and oxygen atoms in total. The summed E-state index contributed by atoms with van der Waals surface area (Å²) in [7, 11) is 0. The number of benzene rings is 1. The lowest BCUT2D eigenvalue weighted by atomic mass is 10.0. The molecule has 2 aromatic rings. The number of hydrogen-bond acceptors (Lipinski definition) is 2. The number of aryl methyl sites for hydroxylation is 2. The van der Waals surface area contributed by atoms with Gasteiger partial charge < -0.3 is 9.73 Å². The second-order valence-electron chi connectivity index (χ2n) is 5.99. The van der Waals surface area contributed by atoms with Crippen molar-refractivity contribution in [1.29, 1.82) is 0 Å². The first-order valence-corrected chi connectivity index (χ1v) is 8.02. The predicted molar refractivity (Wildman–Crippen MR) is 84.5 cm³/mol. The molecular formula is C18H23NO2. The van der Waals surface area contributed by atoms with Crippen molar-refractivity contribution >= 4 is 16.9 Å². The molecule has 1 heterocycles. The van der Waals surface area contributed by atoms with Crippen LogP contribution in [-0.4, -0.2) is 11.9 Å². The Kier molecular flexibility index (Phi) is 4.00. The molecule has 0 atom stereocenters. The molecule has 0 spiro atoms. The number of hydrogen-bond donors (Lipinski definition) is 1. The monoisotopic (exact) mass is 285 g/mol. The number of rotatable bonds is 5. The third-order valence-corrected chi connectivity index (χ3v) is 4.57. The van der Waals surface area contributed by atoms with Crippen molar-refractivity contribution in [3.63, 3.8) is 0 Å². The number of furan rings is 1. The summed E-state index contributed by atoms with van der Waals surface area (Å²) in [5, 5.41) is 4.20. The molecule has 0 fully saturated rings. The standard InChI is InChI=1S/C18H23NO2/c1-3-15(4-2)19-18(20)10-14-11-21-17-9-13-7-5-6-12(13)8-16(14)17/h8-9,11,15H,3-7,10H2,1-2H3,(H,19,20). The largest absolute Gasteiger partial charge is 0.464 e. The first-order valence-electron chi connectivity index (χ1n) is 8.02. The molecule has 1 aromatic heterocycles. The third kappa shape index (κ3) is 2.82. The molecule has 1 aliphatic rings. The molecular weight excluding hydrogens is 262 g/mol. The molecule has 0 radical (unpaired) electrons. The zero-order chi connectivity index (χ0) is 14.8. The fourth-order valence-electron chi connectivity index (χ4n) is 3.23. The quantitative estimate of drug-likeness (QED) is 0.908. The van der Waals surface area contributed by atoms with Gasteiger partial charge in [-0.15, -0.1) is 0 Å². The average Bonchev–Trinajstić information content (AvgIpc) is 3.09. The lowest BCUT2D eigenvalue weighted by molar-refractivity contribution is -0.121. The van der Waals surface area contributed by atoms with E-state index in [0.29, 0.717) is 6.42 Å². The van der Waals surface area contributed by atoms with Crippen molar-refractivity contribution < 1.29 is 9.21 Å². The van der Waals surface area contributed by atoms with Crippen LogP contribution in [0.4, 0.5) is 0 Å². The van der Waals surface area contributed by atoms with E-state index in [2.05, 4.69) is 31.3 Å². The first kappa shape index (κ1) is 14.2. The highest BCUT2D eigenvalue weighted by Crippen LogP contribution is 2.30. The molecule has 3 heteroatoms. The maximum Gasteiger partial charge on any atom is 0.224 e. The van der Waals surface area contributed by atoms with E-state index < -0.39 is 0 Å². The Bertz CT molecular complexity index is 653. The van der Waals surface area contributed by atoms with E-state index in [4.69, 9.17) is 4.42 Å². The molecule has 3 rings (SSSR count). The maximum atomic E-state index is 12.2. The molecule has 1 amide bonds. The summed E-state index contributed by atoms with van der Waals surface area (Å²) in [5.74, 6) is 0.0897. The van der Waals surface area contributed by atoms with Crippen molar-refractivity contribution in [3.8, 4) is 0 Å². The number of carbonyl (C=O) groups excluding carboxylic acids is 1. The van der Waals surface area contributed by atoms with Crippen molar-refractivity contribution in [1.82, 2.24) is 5.32 Å². The van der Waals surface area contributed by atoms with Crippen LogP contribution in [0.2, 0.25) is 0 Å². The summed E-state index contributed by atoms with van der Waals surface area (Å²) in [6.45, 7) is 4.20. The van der Waals surface area contributed by atoms with Crippen LogP contribution in [0.5, 0.6) is 0 Å². The van der Waals surface area contributed by atoms with Crippen LogP contribution in [0.25, 0.3) is 11.0 Å². The van der Waals surface area contributed by atoms with Crippen LogP contribution in [0.1, 0.15) is 49.8 Å². The van der Waals surface area contributed by atoms with Gasteiger partial charge in [-0.25, -0.2) is 0 Å². The van der Waals surface area contributed by atoms with Gasteiger partial charge in [-0.2, -0.15) is 0 Å². The normalized spacial score (nSPS) is 13.9. The second-order valence-corrected chi connectivity index (χ2v) is 5.99. The lowest BCUT2D eigenvalue weighted by Crippen LogP contribution is -2.34. The Labute approximate surface area is 125 Å². The SMILES string of the molecule is CCC(CC)NC(=O)Cc1coc2cc3c(cc12)CCC3. The van der Waals surface area contributed by atoms with E-state index in [1.54, 1.807) is 6.26 Å². The summed E-state index contributed by atoms with van der Waals surface area (Å²) in [6.07, 6.45) is 7.62. The van der Waals surface area contributed by atoms with E-state index in [1.807, 2.05) is 0 Å². The van der Waals surface area contributed by atoms with E-state index in [0.717, 1.165) is 42.2 Å². The van der Waals surface area contributed by atoms with E-state index >= 15 is 0 Å². The Hall–Kier alpha value is -1.77. The predicted octanol–water partition coefficient (Wildman–Crippen LogP) is 3.77. The lowest BCUT2D eigenvalue weighted by Gasteiger charge is -2.14. The van der Waals surface area contributed by atoms with Crippen molar-refractivity contribution in [3.05, 3.63) is 35.1 Å². The smallest absolute Gasteiger partial charge is 0.224 e.